The van der Waals surface area contributed by atoms with Crippen molar-refractivity contribution >= 4 is 17.9 Å². The molecule has 0 aliphatic heterocycles. The molecule has 2 unspecified atom stereocenters. The van der Waals surface area contributed by atoms with Crippen LogP contribution in [0.1, 0.15) is 194 Å². The molecule has 2 atom stereocenters. The van der Waals surface area contributed by atoms with Crippen LogP contribution in [0.4, 0.5) is 0 Å². The number of unbranched alkanes of at least 4 members (excludes halogenated alkanes) is 15. The minimum Gasteiger partial charge on any atom is -0.545 e. The molecule has 0 aromatic carbocycles. The molecule has 0 bridgehead atoms. The quantitative estimate of drug-likeness (QED) is 0.0195. The third-order valence-electron chi connectivity index (χ3n) is 11.0. The van der Waals surface area contributed by atoms with Gasteiger partial charge in [0.15, 0.2) is 12.4 Å². The maximum atomic E-state index is 12.8. The number of ether oxygens (including phenoxy) is 4. The summed E-state index contributed by atoms with van der Waals surface area (Å²) in [6, 6.07) is 0. The van der Waals surface area contributed by atoms with Crippen LogP contribution in [0.15, 0.2) is 109 Å². The standard InChI is InChI=1S/C60H99NO8/c1-6-8-10-12-14-16-17-18-19-20-21-22-23-24-25-26-27-28-29-30-31-32-33-34-35-36-37-38-39-40-41-43-45-47-49-51-58(63)69-56(55-68-60(59(64)65)66-53-52-61(3,4)5)54-67-57(62)50-48-46-44-42-15-13-11-9-7-2/h8,10,14,16,18-19,21-22,24-25,27-28,30-31,33-34,36-37,56,60H,6-7,9,11-13,15,17,20,23,26,29,32,35,38-55H2,1-5H3/b10-8-,16-14-,19-18-,22-21-,25-24-,28-27-,31-30-,34-33-,37-36-. The molecule has 0 aromatic heterocycles. The number of carboxylic acids is 1. The zero-order chi connectivity index (χ0) is 50.6. The summed E-state index contributed by atoms with van der Waals surface area (Å²) in [5.74, 6) is -2.31. The fourth-order valence-corrected chi connectivity index (χ4v) is 6.88. The van der Waals surface area contributed by atoms with E-state index in [4.69, 9.17) is 18.9 Å². The highest BCUT2D eigenvalue weighted by atomic mass is 16.7. The van der Waals surface area contributed by atoms with E-state index in [0.717, 1.165) is 103 Å². The Morgan fingerprint density at radius 1 is 0.449 bits per heavy atom. The summed E-state index contributed by atoms with van der Waals surface area (Å²) in [6.45, 7) is 4.57. The number of allylic oxidation sites excluding steroid dienone is 18. The van der Waals surface area contributed by atoms with Gasteiger partial charge in [0.2, 0.25) is 0 Å². The maximum Gasteiger partial charge on any atom is 0.306 e. The fraction of sp³-hybridized carbons (Fsp3) is 0.650. The first kappa shape index (κ1) is 65.0. The average Bonchev–Trinajstić information content (AvgIpc) is 3.31. The highest BCUT2D eigenvalue weighted by Gasteiger charge is 2.22. The first-order valence-electron chi connectivity index (χ1n) is 27.0. The van der Waals surface area contributed by atoms with Crippen molar-refractivity contribution in [2.45, 2.75) is 206 Å². The Bertz CT molecular complexity index is 1490. The van der Waals surface area contributed by atoms with Gasteiger partial charge in [-0.2, -0.15) is 0 Å². The Morgan fingerprint density at radius 3 is 1.23 bits per heavy atom. The number of carboxylic acid groups (broad SMARTS) is 1. The van der Waals surface area contributed by atoms with Gasteiger partial charge in [-0.25, -0.2) is 0 Å². The molecule has 392 valence electrons. The molecule has 0 radical (unpaired) electrons. The van der Waals surface area contributed by atoms with E-state index < -0.39 is 24.3 Å². The van der Waals surface area contributed by atoms with Crippen molar-refractivity contribution in [3.63, 3.8) is 0 Å². The summed E-state index contributed by atoms with van der Waals surface area (Å²) in [7, 11) is 5.90. The first-order chi connectivity index (χ1) is 33.6. The molecule has 0 N–H and O–H groups in total. The Hall–Kier alpha value is -4.05. The molecule has 69 heavy (non-hydrogen) atoms. The Balaban J connectivity index is 4.19. The number of esters is 2. The van der Waals surface area contributed by atoms with Gasteiger partial charge in [-0.05, 0) is 83.5 Å². The predicted octanol–water partition coefficient (Wildman–Crippen LogP) is 14.2. The summed E-state index contributed by atoms with van der Waals surface area (Å²) in [4.78, 5) is 37.0. The van der Waals surface area contributed by atoms with Crippen molar-refractivity contribution in [3.8, 4) is 0 Å². The SMILES string of the molecule is CC/C=C\C/C=C\C/C=C\C/C=C\C/C=C\C/C=C\C/C=C\C/C=C\C/C=C\CCCCCCCCCC(=O)OC(COC(=O)CCCCCCCCCCC)COC(OCC[N+](C)(C)C)C(=O)[O-]. The maximum absolute atomic E-state index is 12.8. The lowest BCUT2D eigenvalue weighted by molar-refractivity contribution is -0.870. The van der Waals surface area contributed by atoms with Crippen LogP contribution in [0.2, 0.25) is 0 Å². The molecule has 0 amide bonds. The van der Waals surface area contributed by atoms with Gasteiger partial charge >= 0.3 is 11.9 Å². The zero-order valence-corrected chi connectivity index (χ0v) is 44.4. The average molecular weight is 962 g/mol. The highest BCUT2D eigenvalue weighted by Crippen LogP contribution is 2.14. The van der Waals surface area contributed by atoms with Crippen LogP contribution in [0.5, 0.6) is 0 Å². The van der Waals surface area contributed by atoms with Crippen molar-refractivity contribution < 1.29 is 42.9 Å². The lowest BCUT2D eigenvalue weighted by Gasteiger charge is -2.26. The van der Waals surface area contributed by atoms with Gasteiger partial charge in [-0.15, -0.1) is 0 Å². The number of rotatable bonds is 48. The highest BCUT2D eigenvalue weighted by molar-refractivity contribution is 5.70. The van der Waals surface area contributed by atoms with E-state index >= 15 is 0 Å². The van der Waals surface area contributed by atoms with Crippen LogP contribution >= 0.6 is 0 Å². The molecule has 9 heteroatoms. The van der Waals surface area contributed by atoms with Crippen molar-refractivity contribution in [1.82, 2.24) is 0 Å². The monoisotopic (exact) mass is 962 g/mol. The van der Waals surface area contributed by atoms with E-state index in [1.54, 1.807) is 0 Å². The van der Waals surface area contributed by atoms with Gasteiger partial charge in [-0.3, -0.25) is 9.59 Å². The molecule has 0 aliphatic rings. The summed E-state index contributed by atoms with van der Waals surface area (Å²) in [5, 5.41) is 11.7. The number of likely N-dealkylation sites (N-methyl/N-ethyl adjacent to an activating group) is 1. The van der Waals surface area contributed by atoms with Gasteiger partial charge < -0.3 is 33.3 Å². The second kappa shape index (κ2) is 50.3. The third kappa shape index (κ3) is 51.6. The molecule has 0 rings (SSSR count). The molecular weight excluding hydrogens is 863 g/mol. The van der Waals surface area contributed by atoms with Gasteiger partial charge in [0.25, 0.3) is 0 Å². The van der Waals surface area contributed by atoms with Gasteiger partial charge in [0, 0.05) is 12.8 Å². The molecule has 0 spiro atoms. The molecule has 0 saturated heterocycles. The topological polar surface area (TPSA) is 111 Å². The normalized spacial score (nSPS) is 13.7. The smallest absolute Gasteiger partial charge is 0.306 e. The Labute approximate surface area is 422 Å². The van der Waals surface area contributed by atoms with E-state index in [1.165, 1.54) is 57.8 Å². The summed E-state index contributed by atoms with van der Waals surface area (Å²) in [5.41, 5.74) is 0. The third-order valence-corrected chi connectivity index (χ3v) is 11.0. The Kier molecular flexibility index (Phi) is 47.4. The minimum absolute atomic E-state index is 0.141. The van der Waals surface area contributed by atoms with Crippen LogP contribution < -0.4 is 5.11 Å². The molecular formula is C60H99NO8. The lowest BCUT2D eigenvalue weighted by atomic mass is 10.1. The van der Waals surface area contributed by atoms with Crippen LogP contribution in [0, 0.1) is 0 Å². The number of carbonyl (C=O) groups excluding carboxylic acids is 3. The number of hydrogen-bond donors (Lipinski definition) is 0. The molecule has 0 fully saturated rings. The first-order valence-corrected chi connectivity index (χ1v) is 27.0. The predicted molar refractivity (Wildman–Crippen MR) is 287 cm³/mol. The van der Waals surface area contributed by atoms with Crippen molar-refractivity contribution in [3.05, 3.63) is 109 Å². The second-order valence-electron chi connectivity index (χ2n) is 18.8. The van der Waals surface area contributed by atoms with Gasteiger partial charge in [-0.1, -0.05) is 207 Å². The summed E-state index contributed by atoms with van der Waals surface area (Å²) < 4.78 is 22.5. The van der Waals surface area contributed by atoms with E-state index in [0.29, 0.717) is 17.4 Å². The van der Waals surface area contributed by atoms with Crippen molar-refractivity contribution in [2.24, 2.45) is 0 Å². The molecule has 0 aliphatic carbocycles. The molecule has 9 nitrogen and oxygen atoms in total. The van der Waals surface area contributed by atoms with E-state index in [2.05, 4.69) is 123 Å². The van der Waals surface area contributed by atoms with E-state index in [1.807, 2.05) is 21.1 Å². The van der Waals surface area contributed by atoms with Crippen molar-refractivity contribution in [2.75, 3.05) is 47.5 Å². The number of nitrogens with zero attached hydrogens (tertiary/aromatic N) is 1. The van der Waals surface area contributed by atoms with E-state index in [-0.39, 0.29) is 38.6 Å². The molecule has 0 heterocycles. The van der Waals surface area contributed by atoms with Gasteiger partial charge in [0.05, 0.1) is 40.3 Å². The molecule has 0 aromatic rings. The van der Waals surface area contributed by atoms with Crippen LogP contribution in [-0.4, -0.2) is 82.3 Å². The summed E-state index contributed by atoms with van der Waals surface area (Å²) >= 11 is 0. The van der Waals surface area contributed by atoms with Crippen LogP contribution in [0.3, 0.4) is 0 Å². The van der Waals surface area contributed by atoms with Crippen LogP contribution in [-0.2, 0) is 33.3 Å². The zero-order valence-electron chi connectivity index (χ0n) is 44.4. The lowest BCUT2D eigenvalue weighted by Crippen LogP contribution is -2.44. The van der Waals surface area contributed by atoms with Crippen LogP contribution in [0.25, 0.3) is 0 Å². The Morgan fingerprint density at radius 2 is 0.826 bits per heavy atom. The van der Waals surface area contributed by atoms with Crippen molar-refractivity contribution in [1.29, 1.82) is 0 Å². The largest absolute Gasteiger partial charge is 0.545 e. The van der Waals surface area contributed by atoms with Gasteiger partial charge in [0.1, 0.15) is 13.2 Å². The molecule has 0 saturated carbocycles. The minimum atomic E-state index is -1.63. The number of quaternary nitrogens is 1. The number of carbonyl (C=O) groups is 3. The second-order valence-corrected chi connectivity index (χ2v) is 18.8. The van der Waals surface area contributed by atoms with E-state index in [9.17, 15) is 19.5 Å². The number of aliphatic carboxylic acids is 1. The fourth-order valence-electron chi connectivity index (χ4n) is 6.88. The number of hydrogen-bond acceptors (Lipinski definition) is 8. The summed E-state index contributed by atoms with van der Waals surface area (Å²) in [6.07, 6.45) is 65.8.